The second-order valence-electron chi connectivity index (χ2n) is 4.19. The van der Waals surface area contributed by atoms with E-state index in [4.69, 9.17) is 0 Å². The van der Waals surface area contributed by atoms with Gasteiger partial charge in [-0.05, 0) is 25.5 Å². The number of rotatable bonds is 7. The normalized spacial score (nSPS) is 12.4. The van der Waals surface area contributed by atoms with E-state index in [2.05, 4.69) is 30.0 Å². The number of thiophene rings is 1. The second kappa shape index (κ2) is 7.45. The van der Waals surface area contributed by atoms with E-state index >= 15 is 0 Å². The number of ether oxygens (including phenoxy) is 1. The Labute approximate surface area is 107 Å². The van der Waals surface area contributed by atoms with Gasteiger partial charge in [-0.1, -0.05) is 13.3 Å². The highest BCUT2D eigenvalue weighted by molar-refractivity contribution is 7.12. The van der Waals surface area contributed by atoms with Gasteiger partial charge in [0, 0.05) is 22.3 Å². The Balaban J connectivity index is 2.37. The molecule has 0 bridgehead atoms. The summed E-state index contributed by atoms with van der Waals surface area (Å²) in [5, 5.41) is 3.47. The van der Waals surface area contributed by atoms with Crippen LogP contribution >= 0.6 is 11.3 Å². The molecule has 1 heterocycles. The first-order valence-corrected chi connectivity index (χ1v) is 6.85. The van der Waals surface area contributed by atoms with E-state index < -0.39 is 0 Å². The fraction of sp³-hybridized carbons (Fsp3) is 0.615. The topological polar surface area (TPSA) is 38.3 Å². The molecule has 1 rings (SSSR count). The number of nitrogens with one attached hydrogen (secondary N) is 1. The smallest absolute Gasteiger partial charge is 0.310 e. The lowest BCUT2D eigenvalue weighted by Gasteiger charge is -2.11. The standard InChI is InChI=1S/C13H21NO2S/c1-4-5-10(2)14-9-12-7-6-11(17-12)8-13(15)16-3/h6-7,10,14H,4-5,8-9H2,1-3H3. The Hall–Kier alpha value is -0.870. The Morgan fingerprint density at radius 1 is 1.47 bits per heavy atom. The first-order chi connectivity index (χ1) is 8.15. The number of hydrogen-bond donors (Lipinski definition) is 1. The minimum atomic E-state index is -0.175. The van der Waals surface area contributed by atoms with Gasteiger partial charge in [0.2, 0.25) is 0 Å². The molecule has 0 amide bonds. The van der Waals surface area contributed by atoms with Crippen molar-refractivity contribution >= 4 is 17.3 Å². The summed E-state index contributed by atoms with van der Waals surface area (Å²) in [6, 6.07) is 4.63. The Bertz CT molecular complexity index is 349. The van der Waals surface area contributed by atoms with E-state index in [0.717, 1.165) is 11.4 Å². The van der Waals surface area contributed by atoms with Crippen molar-refractivity contribution in [1.29, 1.82) is 0 Å². The monoisotopic (exact) mass is 255 g/mol. The van der Waals surface area contributed by atoms with Gasteiger partial charge in [-0.15, -0.1) is 11.3 Å². The molecule has 0 aliphatic heterocycles. The Morgan fingerprint density at radius 2 is 2.18 bits per heavy atom. The highest BCUT2D eigenvalue weighted by atomic mass is 32.1. The third-order valence-corrected chi connectivity index (χ3v) is 3.70. The number of carbonyl (C=O) groups is 1. The first kappa shape index (κ1) is 14.2. The van der Waals surface area contributed by atoms with Gasteiger partial charge in [-0.2, -0.15) is 0 Å². The molecular formula is C13H21NO2S. The molecule has 0 spiro atoms. The minimum Gasteiger partial charge on any atom is -0.469 e. The van der Waals surface area contributed by atoms with E-state index in [1.807, 2.05) is 6.07 Å². The van der Waals surface area contributed by atoms with E-state index in [-0.39, 0.29) is 5.97 Å². The van der Waals surface area contributed by atoms with Crippen LogP contribution in [0.15, 0.2) is 12.1 Å². The van der Waals surface area contributed by atoms with Crippen LogP contribution in [0.1, 0.15) is 36.4 Å². The largest absolute Gasteiger partial charge is 0.469 e. The molecule has 96 valence electrons. The van der Waals surface area contributed by atoms with Crippen molar-refractivity contribution in [2.75, 3.05) is 7.11 Å². The predicted octanol–water partition coefficient (Wildman–Crippen LogP) is 2.74. The summed E-state index contributed by atoms with van der Waals surface area (Å²) in [7, 11) is 1.42. The molecule has 0 aliphatic rings. The van der Waals surface area contributed by atoms with Crippen LogP contribution in [0.25, 0.3) is 0 Å². The van der Waals surface area contributed by atoms with Gasteiger partial charge in [0.1, 0.15) is 0 Å². The zero-order valence-electron chi connectivity index (χ0n) is 10.8. The number of carbonyl (C=O) groups excluding carboxylic acids is 1. The molecule has 0 radical (unpaired) electrons. The quantitative estimate of drug-likeness (QED) is 0.761. The summed E-state index contributed by atoms with van der Waals surface area (Å²) in [6.07, 6.45) is 2.78. The summed E-state index contributed by atoms with van der Waals surface area (Å²) in [5.74, 6) is -0.175. The van der Waals surface area contributed by atoms with Crippen LogP contribution in [0.5, 0.6) is 0 Å². The number of esters is 1. The maximum atomic E-state index is 11.1. The summed E-state index contributed by atoms with van der Waals surface area (Å²) in [5.41, 5.74) is 0. The van der Waals surface area contributed by atoms with Gasteiger partial charge in [0.05, 0.1) is 13.5 Å². The third-order valence-electron chi connectivity index (χ3n) is 2.61. The van der Waals surface area contributed by atoms with Crippen molar-refractivity contribution in [3.63, 3.8) is 0 Å². The van der Waals surface area contributed by atoms with Gasteiger partial charge < -0.3 is 10.1 Å². The van der Waals surface area contributed by atoms with Crippen molar-refractivity contribution in [3.8, 4) is 0 Å². The fourth-order valence-electron chi connectivity index (χ4n) is 1.64. The van der Waals surface area contributed by atoms with Gasteiger partial charge in [-0.25, -0.2) is 0 Å². The fourth-order valence-corrected chi connectivity index (χ4v) is 2.59. The van der Waals surface area contributed by atoms with E-state index in [1.54, 1.807) is 11.3 Å². The van der Waals surface area contributed by atoms with Gasteiger partial charge >= 0.3 is 5.97 Å². The van der Waals surface area contributed by atoms with E-state index in [1.165, 1.54) is 24.8 Å². The molecule has 1 aromatic heterocycles. The molecule has 17 heavy (non-hydrogen) atoms. The third kappa shape index (κ3) is 5.33. The predicted molar refractivity (Wildman–Crippen MR) is 71.2 cm³/mol. The zero-order valence-corrected chi connectivity index (χ0v) is 11.6. The zero-order chi connectivity index (χ0) is 12.7. The molecule has 1 atom stereocenters. The second-order valence-corrected chi connectivity index (χ2v) is 5.44. The van der Waals surface area contributed by atoms with Gasteiger partial charge in [-0.3, -0.25) is 4.79 Å². The molecule has 0 aliphatic carbocycles. The highest BCUT2D eigenvalue weighted by Crippen LogP contribution is 2.17. The molecular weight excluding hydrogens is 234 g/mol. The summed E-state index contributed by atoms with van der Waals surface area (Å²) >= 11 is 1.67. The van der Waals surface area contributed by atoms with Crippen LogP contribution < -0.4 is 5.32 Å². The van der Waals surface area contributed by atoms with Gasteiger partial charge in [0.25, 0.3) is 0 Å². The van der Waals surface area contributed by atoms with Crippen molar-refractivity contribution in [2.45, 2.75) is 45.7 Å². The van der Waals surface area contributed by atoms with Crippen LogP contribution in [-0.4, -0.2) is 19.1 Å². The van der Waals surface area contributed by atoms with Crippen LogP contribution in [0.3, 0.4) is 0 Å². The lowest BCUT2D eigenvalue weighted by Crippen LogP contribution is -2.24. The van der Waals surface area contributed by atoms with Crippen molar-refractivity contribution < 1.29 is 9.53 Å². The minimum absolute atomic E-state index is 0.175. The van der Waals surface area contributed by atoms with E-state index in [0.29, 0.717) is 12.5 Å². The Kier molecular flexibility index (Phi) is 6.22. The van der Waals surface area contributed by atoms with Crippen molar-refractivity contribution in [3.05, 3.63) is 21.9 Å². The molecule has 0 saturated heterocycles. The average Bonchev–Trinajstić information content (AvgIpc) is 2.74. The van der Waals surface area contributed by atoms with Crippen molar-refractivity contribution in [2.24, 2.45) is 0 Å². The summed E-state index contributed by atoms with van der Waals surface area (Å²) in [4.78, 5) is 13.4. The highest BCUT2D eigenvalue weighted by Gasteiger charge is 2.07. The van der Waals surface area contributed by atoms with Crippen LogP contribution in [0.4, 0.5) is 0 Å². The molecule has 1 unspecified atom stereocenters. The number of hydrogen-bond acceptors (Lipinski definition) is 4. The summed E-state index contributed by atoms with van der Waals surface area (Å²) in [6.45, 7) is 5.28. The maximum Gasteiger partial charge on any atom is 0.310 e. The molecule has 1 aromatic rings. The molecule has 0 saturated carbocycles. The number of methoxy groups -OCH3 is 1. The van der Waals surface area contributed by atoms with Crippen LogP contribution in [0, 0.1) is 0 Å². The van der Waals surface area contributed by atoms with Crippen molar-refractivity contribution in [1.82, 2.24) is 5.32 Å². The summed E-state index contributed by atoms with van der Waals surface area (Å²) < 4.78 is 4.65. The first-order valence-electron chi connectivity index (χ1n) is 6.03. The van der Waals surface area contributed by atoms with Crippen LogP contribution in [0.2, 0.25) is 0 Å². The lowest BCUT2D eigenvalue weighted by molar-refractivity contribution is -0.139. The Morgan fingerprint density at radius 3 is 2.82 bits per heavy atom. The maximum absolute atomic E-state index is 11.1. The molecule has 3 nitrogen and oxygen atoms in total. The molecule has 0 fully saturated rings. The lowest BCUT2D eigenvalue weighted by atomic mass is 10.2. The SMILES string of the molecule is CCCC(C)NCc1ccc(CC(=O)OC)s1. The molecule has 0 aromatic carbocycles. The molecule has 1 N–H and O–H groups in total. The van der Waals surface area contributed by atoms with E-state index in [9.17, 15) is 4.79 Å². The van der Waals surface area contributed by atoms with Gasteiger partial charge in [0.15, 0.2) is 0 Å². The van der Waals surface area contributed by atoms with Crippen LogP contribution in [-0.2, 0) is 22.5 Å². The molecule has 4 heteroatoms. The average molecular weight is 255 g/mol.